The van der Waals surface area contributed by atoms with Gasteiger partial charge >= 0.3 is 13.4 Å². The summed E-state index contributed by atoms with van der Waals surface area (Å²) in [5.41, 5.74) is -0.597. The first-order chi connectivity index (χ1) is 16.4. The summed E-state index contributed by atoms with van der Waals surface area (Å²) in [6.07, 6.45) is 10.3. The Morgan fingerprint density at radius 2 is 1.82 bits per heavy atom. The number of aromatic amines is 1. The molecule has 0 saturated heterocycles. The Morgan fingerprint density at radius 1 is 1.09 bits per heavy atom. The highest BCUT2D eigenvalue weighted by Crippen LogP contribution is 2.44. The second-order valence-electron chi connectivity index (χ2n) is 8.30. The Labute approximate surface area is 199 Å². The fraction of sp³-hybridized carbons (Fsp3) is 0.500. The Hall–Kier alpha value is -2.45. The van der Waals surface area contributed by atoms with Crippen LogP contribution in [0, 0.1) is 6.92 Å². The van der Waals surface area contributed by atoms with Crippen LogP contribution >= 0.6 is 7.75 Å². The lowest BCUT2D eigenvalue weighted by atomic mass is 10.1. The predicted molar refractivity (Wildman–Crippen MR) is 131 cm³/mol. The number of nitrogens with zero attached hydrogens (tertiary/aromatic N) is 1. The van der Waals surface area contributed by atoms with Gasteiger partial charge in [-0.2, -0.15) is 0 Å². The van der Waals surface area contributed by atoms with E-state index in [0.29, 0.717) is 17.9 Å². The molecule has 0 amide bonds. The van der Waals surface area contributed by atoms with Crippen LogP contribution in [0.1, 0.15) is 57.2 Å². The zero-order valence-corrected chi connectivity index (χ0v) is 20.7. The number of para-hydroxylation sites is 1. The molecule has 34 heavy (non-hydrogen) atoms. The number of nitrogens with one attached hydrogen (secondary N) is 2. The Morgan fingerprint density at radius 3 is 2.59 bits per heavy atom. The van der Waals surface area contributed by atoms with E-state index in [1.54, 1.807) is 43.3 Å². The Bertz CT molecular complexity index is 1100. The van der Waals surface area contributed by atoms with Crippen molar-refractivity contribution in [3.05, 3.63) is 75.1 Å². The zero-order valence-electron chi connectivity index (χ0n) is 19.8. The van der Waals surface area contributed by atoms with Crippen molar-refractivity contribution in [3.63, 3.8) is 0 Å². The topological polar surface area (TPSA) is 112 Å². The smallest absolute Gasteiger partial charge is 0.413 e. The Balaban J connectivity index is 1.56. The van der Waals surface area contributed by atoms with Crippen molar-refractivity contribution in [2.45, 2.75) is 64.7 Å². The number of hydrogen-bond acceptors (Lipinski definition) is 6. The van der Waals surface area contributed by atoms with Crippen LogP contribution in [-0.2, 0) is 13.8 Å². The van der Waals surface area contributed by atoms with Gasteiger partial charge in [0.25, 0.3) is 5.56 Å². The standard InChI is InChI=1S/C24H34N3O6P/c1-3-4-5-6-7-11-16-25-34(30,33-20-12-9-8-10-13-20)31-18-21-14-15-22(32-21)27-17-19(2)23(28)26-24(27)29/h8-10,12-15,17,21-22H,3-7,11,16,18H2,1-2H3,(H,25,30)(H,26,28,29)/t21-,22+,34?/m0/s1. The third kappa shape index (κ3) is 7.81. The molecule has 3 atom stereocenters. The van der Waals surface area contributed by atoms with Crippen LogP contribution in [-0.4, -0.2) is 28.8 Å². The molecule has 1 aliphatic rings. The van der Waals surface area contributed by atoms with E-state index in [0.717, 1.165) is 19.3 Å². The maximum atomic E-state index is 13.4. The van der Waals surface area contributed by atoms with E-state index in [1.165, 1.54) is 30.0 Å². The molecule has 2 N–H and O–H groups in total. The summed E-state index contributed by atoms with van der Waals surface area (Å²) in [7, 11) is -3.65. The molecule has 0 saturated carbocycles. The average Bonchev–Trinajstić information content (AvgIpc) is 3.29. The molecule has 3 rings (SSSR count). The van der Waals surface area contributed by atoms with Crippen LogP contribution < -0.4 is 20.9 Å². The number of unbranched alkanes of at least 4 members (excludes halogenated alkanes) is 5. The number of rotatable bonds is 14. The average molecular weight is 492 g/mol. The van der Waals surface area contributed by atoms with E-state index < -0.39 is 31.3 Å². The number of benzene rings is 1. The van der Waals surface area contributed by atoms with E-state index in [-0.39, 0.29) is 6.61 Å². The SMILES string of the molecule is CCCCCCCCNP(=O)(OC[C@@H]1C=C[C@H](n2cc(C)c(=O)[nH]c2=O)O1)Oc1ccccc1. The summed E-state index contributed by atoms with van der Waals surface area (Å²) in [6, 6.07) is 8.88. The fourth-order valence-electron chi connectivity index (χ4n) is 3.53. The molecule has 1 aromatic heterocycles. The Kier molecular flexibility index (Phi) is 9.89. The molecule has 0 bridgehead atoms. The van der Waals surface area contributed by atoms with Gasteiger partial charge in [-0.25, -0.2) is 14.4 Å². The zero-order chi connectivity index (χ0) is 24.4. The van der Waals surface area contributed by atoms with Crippen LogP contribution in [0.5, 0.6) is 5.75 Å². The van der Waals surface area contributed by atoms with Crippen LogP contribution in [0.3, 0.4) is 0 Å². The highest BCUT2D eigenvalue weighted by Gasteiger charge is 2.30. The van der Waals surface area contributed by atoms with Crippen LogP contribution in [0.15, 0.2) is 58.3 Å². The molecule has 1 aliphatic heterocycles. The second-order valence-corrected chi connectivity index (χ2v) is 10.1. The summed E-state index contributed by atoms with van der Waals surface area (Å²) >= 11 is 0. The van der Waals surface area contributed by atoms with E-state index in [4.69, 9.17) is 13.8 Å². The number of aryl methyl sites for hydroxylation is 1. The van der Waals surface area contributed by atoms with Gasteiger partial charge in [-0.05, 0) is 31.6 Å². The molecule has 186 valence electrons. The molecule has 1 unspecified atom stereocenters. The lowest BCUT2D eigenvalue weighted by molar-refractivity contribution is -0.00733. The van der Waals surface area contributed by atoms with Crippen molar-refractivity contribution >= 4 is 7.75 Å². The number of H-pyrrole nitrogens is 1. The molecule has 10 heteroatoms. The maximum Gasteiger partial charge on any atom is 0.458 e. The number of ether oxygens (including phenoxy) is 1. The van der Waals surface area contributed by atoms with Crippen molar-refractivity contribution in [1.29, 1.82) is 0 Å². The molecule has 0 fully saturated rings. The molecule has 0 spiro atoms. The van der Waals surface area contributed by atoms with Crippen molar-refractivity contribution in [3.8, 4) is 5.75 Å². The summed E-state index contributed by atoms with van der Waals surface area (Å²) < 4.78 is 32.0. The summed E-state index contributed by atoms with van der Waals surface area (Å²) in [5.74, 6) is 0.442. The second kappa shape index (κ2) is 12.9. The van der Waals surface area contributed by atoms with Gasteiger partial charge in [-0.15, -0.1) is 0 Å². The summed E-state index contributed by atoms with van der Waals surface area (Å²) in [4.78, 5) is 26.0. The summed E-state index contributed by atoms with van der Waals surface area (Å²) in [6.45, 7) is 4.27. The first-order valence-electron chi connectivity index (χ1n) is 11.8. The summed E-state index contributed by atoms with van der Waals surface area (Å²) in [5, 5.41) is 2.96. The van der Waals surface area contributed by atoms with E-state index in [9.17, 15) is 14.2 Å². The van der Waals surface area contributed by atoms with Gasteiger partial charge in [0.2, 0.25) is 0 Å². The van der Waals surface area contributed by atoms with E-state index >= 15 is 0 Å². The predicted octanol–water partition coefficient (Wildman–Crippen LogP) is 4.45. The molecule has 0 radical (unpaired) electrons. The first kappa shape index (κ1) is 26.2. The molecular weight excluding hydrogens is 457 g/mol. The van der Waals surface area contributed by atoms with Crippen LogP contribution in [0.4, 0.5) is 0 Å². The van der Waals surface area contributed by atoms with E-state index in [2.05, 4.69) is 17.0 Å². The third-order valence-electron chi connectivity index (χ3n) is 5.44. The number of aromatic nitrogens is 2. The number of hydrogen-bond donors (Lipinski definition) is 2. The van der Waals surface area contributed by atoms with Gasteiger partial charge in [-0.3, -0.25) is 18.9 Å². The fourth-order valence-corrected chi connectivity index (χ4v) is 4.92. The van der Waals surface area contributed by atoms with Crippen molar-refractivity contribution in [2.24, 2.45) is 0 Å². The van der Waals surface area contributed by atoms with Crippen molar-refractivity contribution < 1.29 is 18.3 Å². The van der Waals surface area contributed by atoms with Gasteiger partial charge < -0.3 is 9.26 Å². The highest BCUT2D eigenvalue weighted by molar-refractivity contribution is 7.52. The molecular formula is C24H34N3O6P. The van der Waals surface area contributed by atoms with Crippen molar-refractivity contribution in [2.75, 3.05) is 13.2 Å². The monoisotopic (exact) mass is 491 g/mol. The molecule has 0 aliphatic carbocycles. The maximum absolute atomic E-state index is 13.4. The molecule has 2 heterocycles. The lowest BCUT2D eigenvalue weighted by Crippen LogP contribution is -2.33. The first-order valence-corrected chi connectivity index (χ1v) is 13.3. The van der Waals surface area contributed by atoms with E-state index in [1.807, 2.05) is 6.07 Å². The van der Waals surface area contributed by atoms with Gasteiger partial charge in [-0.1, -0.05) is 63.3 Å². The van der Waals surface area contributed by atoms with Gasteiger partial charge in [0.1, 0.15) is 11.9 Å². The third-order valence-corrected chi connectivity index (χ3v) is 6.99. The van der Waals surface area contributed by atoms with Crippen molar-refractivity contribution in [1.82, 2.24) is 14.6 Å². The van der Waals surface area contributed by atoms with Gasteiger partial charge in [0, 0.05) is 18.3 Å². The van der Waals surface area contributed by atoms with Crippen LogP contribution in [0.25, 0.3) is 0 Å². The molecule has 9 nitrogen and oxygen atoms in total. The minimum Gasteiger partial charge on any atom is -0.413 e. The lowest BCUT2D eigenvalue weighted by Gasteiger charge is -2.22. The quantitative estimate of drug-likeness (QED) is 0.228. The van der Waals surface area contributed by atoms with Gasteiger partial charge in [0.05, 0.1) is 6.61 Å². The minimum atomic E-state index is -3.65. The molecule has 1 aromatic carbocycles. The highest BCUT2D eigenvalue weighted by atomic mass is 31.2. The molecule has 2 aromatic rings. The largest absolute Gasteiger partial charge is 0.458 e. The normalized spacial score (nSPS) is 19.2. The van der Waals surface area contributed by atoms with Gasteiger partial charge in [0.15, 0.2) is 6.23 Å². The van der Waals surface area contributed by atoms with Crippen LogP contribution in [0.2, 0.25) is 0 Å². The minimum absolute atomic E-state index is 0.0301.